The van der Waals surface area contributed by atoms with E-state index in [0.717, 1.165) is 77.0 Å². The molecular formula is C57H100O6. The Hall–Kier alpha value is -2.89. The van der Waals surface area contributed by atoms with Crippen LogP contribution in [0.3, 0.4) is 0 Å². The van der Waals surface area contributed by atoms with Crippen LogP contribution >= 0.6 is 0 Å². The molecule has 6 heteroatoms. The van der Waals surface area contributed by atoms with Crippen molar-refractivity contribution in [3.8, 4) is 0 Å². The summed E-state index contributed by atoms with van der Waals surface area (Å²) in [7, 11) is 0. The fourth-order valence-electron chi connectivity index (χ4n) is 7.54. The topological polar surface area (TPSA) is 78.9 Å². The van der Waals surface area contributed by atoms with Gasteiger partial charge in [0.15, 0.2) is 6.10 Å². The summed E-state index contributed by atoms with van der Waals surface area (Å²) in [4.78, 5) is 38.0. The van der Waals surface area contributed by atoms with Crippen LogP contribution in [-0.4, -0.2) is 37.2 Å². The Bertz CT molecular complexity index is 1150. The van der Waals surface area contributed by atoms with E-state index in [4.69, 9.17) is 14.2 Å². The van der Waals surface area contributed by atoms with E-state index < -0.39 is 6.10 Å². The fraction of sp³-hybridized carbons (Fsp3) is 0.772. The number of hydrogen-bond acceptors (Lipinski definition) is 6. The molecule has 0 aromatic rings. The van der Waals surface area contributed by atoms with E-state index in [1.165, 1.54) is 141 Å². The maximum Gasteiger partial charge on any atom is 0.306 e. The second kappa shape index (κ2) is 51.7. The van der Waals surface area contributed by atoms with Gasteiger partial charge in [0.05, 0.1) is 0 Å². The SMILES string of the molecule is CC/C=C\C/C=C\C/C=C\C/C=C\C/C=C\CCCC(=O)OC[C@H](COC(=O)CCCCCCCCCCCCC)OC(=O)CCCCCCCCCCCCCCCCCCC. The van der Waals surface area contributed by atoms with E-state index >= 15 is 0 Å². The van der Waals surface area contributed by atoms with Gasteiger partial charge in [-0.3, -0.25) is 14.4 Å². The fourth-order valence-corrected chi connectivity index (χ4v) is 7.54. The van der Waals surface area contributed by atoms with Gasteiger partial charge in [-0.05, 0) is 57.8 Å². The van der Waals surface area contributed by atoms with E-state index in [9.17, 15) is 14.4 Å². The Labute approximate surface area is 390 Å². The number of allylic oxidation sites excluding steroid dienone is 10. The van der Waals surface area contributed by atoms with E-state index in [2.05, 4.69) is 81.5 Å². The molecule has 0 amide bonds. The molecule has 0 unspecified atom stereocenters. The minimum absolute atomic E-state index is 0.0883. The standard InChI is InChI=1S/C57H100O6/c1-4-7-10-13-16-19-22-24-26-28-30-32-35-38-41-44-47-50-56(59)62-53-54(52-61-55(58)49-46-43-40-37-34-21-18-15-12-9-6-3)63-57(60)51-48-45-42-39-36-33-31-29-27-25-23-20-17-14-11-8-5-2/h7,10,16,19,24,26,30,32,38,41,54H,4-6,8-9,11-15,17-18,20-23,25,27-29,31,33-37,39-40,42-53H2,1-3H3/b10-7-,19-16-,26-24-,32-30-,41-38-/t54-/m0/s1. The van der Waals surface area contributed by atoms with Crippen LogP contribution in [0.1, 0.15) is 265 Å². The van der Waals surface area contributed by atoms with Gasteiger partial charge in [0.1, 0.15) is 13.2 Å². The molecule has 0 bridgehead atoms. The van der Waals surface area contributed by atoms with Gasteiger partial charge < -0.3 is 14.2 Å². The summed E-state index contributed by atoms with van der Waals surface area (Å²) in [5.41, 5.74) is 0. The van der Waals surface area contributed by atoms with Gasteiger partial charge in [-0.15, -0.1) is 0 Å². The quantitative estimate of drug-likeness (QED) is 0.0262. The third-order valence-corrected chi connectivity index (χ3v) is 11.5. The van der Waals surface area contributed by atoms with Gasteiger partial charge in [0.2, 0.25) is 0 Å². The van der Waals surface area contributed by atoms with Crippen LogP contribution in [0, 0.1) is 0 Å². The highest BCUT2D eigenvalue weighted by atomic mass is 16.6. The number of hydrogen-bond donors (Lipinski definition) is 0. The summed E-state index contributed by atoms with van der Waals surface area (Å²) in [6.45, 7) is 6.49. The summed E-state index contributed by atoms with van der Waals surface area (Å²) in [6.07, 6.45) is 63.5. The second-order valence-electron chi connectivity index (χ2n) is 17.8. The lowest BCUT2D eigenvalue weighted by Crippen LogP contribution is -2.30. The number of rotatable bonds is 48. The Morgan fingerprint density at radius 3 is 0.968 bits per heavy atom. The lowest BCUT2D eigenvalue weighted by Gasteiger charge is -2.18. The molecule has 0 N–H and O–H groups in total. The molecule has 0 aromatic heterocycles. The van der Waals surface area contributed by atoms with Crippen LogP contribution in [0.15, 0.2) is 60.8 Å². The van der Waals surface area contributed by atoms with E-state index in [0.29, 0.717) is 19.3 Å². The first-order valence-electron chi connectivity index (χ1n) is 26.8. The average Bonchev–Trinajstić information content (AvgIpc) is 3.28. The maximum atomic E-state index is 12.8. The summed E-state index contributed by atoms with van der Waals surface area (Å²) in [6, 6.07) is 0. The van der Waals surface area contributed by atoms with Crippen LogP contribution < -0.4 is 0 Å². The highest BCUT2D eigenvalue weighted by molar-refractivity contribution is 5.71. The molecular weight excluding hydrogens is 781 g/mol. The van der Waals surface area contributed by atoms with Crippen molar-refractivity contribution in [1.29, 1.82) is 0 Å². The van der Waals surface area contributed by atoms with Crippen LogP contribution in [0.4, 0.5) is 0 Å². The molecule has 0 rings (SSSR count). The lowest BCUT2D eigenvalue weighted by molar-refractivity contribution is -0.167. The first-order valence-corrected chi connectivity index (χ1v) is 26.8. The summed E-state index contributed by atoms with van der Waals surface area (Å²) in [5.74, 6) is -0.941. The van der Waals surface area contributed by atoms with Gasteiger partial charge >= 0.3 is 17.9 Å². The Morgan fingerprint density at radius 1 is 0.333 bits per heavy atom. The van der Waals surface area contributed by atoms with Crippen LogP contribution in [-0.2, 0) is 28.6 Å². The smallest absolute Gasteiger partial charge is 0.306 e. The molecule has 63 heavy (non-hydrogen) atoms. The summed E-state index contributed by atoms with van der Waals surface area (Å²) < 4.78 is 16.8. The van der Waals surface area contributed by atoms with Crippen molar-refractivity contribution in [3.63, 3.8) is 0 Å². The number of esters is 3. The molecule has 0 radical (unpaired) electrons. The van der Waals surface area contributed by atoms with Crippen LogP contribution in [0.5, 0.6) is 0 Å². The molecule has 0 aliphatic carbocycles. The lowest BCUT2D eigenvalue weighted by atomic mass is 10.0. The Kier molecular flexibility index (Phi) is 49.4. The first kappa shape index (κ1) is 60.1. The summed E-state index contributed by atoms with van der Waals surface area (Å²) in [5, 5.41) is 0. The zero-order chi connectivity index (χ0) is 45.8. The van der Waals surface area contributed by atoms with Crippen LogP contribution in [0.2, 0.25) is 0 Å². The summed E-state index contributed by atoms with van der Waals surface area (Å²) >= 11 is 0. The predicted molar refractivity (Wildman–Crippen MR) is 270 cm³/mol. The molecule has 0 saturated heterocycles. The van der Waals surface area contributed by atoms with Crippen molar-refractivity contribution < 1.29 is 28.6 Å². The van der Waals surface area contributed by atoms with E-state index in [1.807, 2.05) is 0 Å². The Balaban J connectivity index is 4.42. The van der Waals surface area contributed by atoms with Gasteiger partial charge in [-0.1, -0.05) is 248 Å². The predicted octanol–water partition coefficient (Wildman–Crippen LogP) is 17.6. The molecule has 364 valence electrons. The van der Waals surface area contributed by atoms with Crippen molar-refractivity contribution in [2.45, 2.75) is 271 Å². The number of ether oxygens (including phenoxy) is 3. The van der Waals surface area contributed by atoms with Gasteiger partial charge in [0.25, 0.3) is 0 Å². The molecule has 0 aliphatic heterocycles. The van der Waals surface area contributed by atoms with Crippen molar-refractivity contribution >= 4 is 17.9 Å². The third-order valence-electron chi connectivity index (χ3n) is 11.5. The normalized spacial score (nSPS) is 12.5. The minimum atomic E-state index is -0.792. The minimum Gasteiger partial charge on any atom is -0.462 e. The zero-order valence-corrected chi connectivity index (χ0v) is 41.6. The third kappa shape index (κ3) is 50.0. The van der Waals surface area contributed by atoms with Crippen molar-refractivity contribution in [2.24, 2.45) is 0 Å². The van der Waals surface area contributed by atoms with Gasteiger partial charge in [0, 0.05) is 19.3 Å². The van der Waals surface area contributed by atoms with Crippen molar-refractivity contribution in [3.05, 3.63) is 60.8 Å². The Morgan fingerprint density at radius 2 is 0.619 bits per heavy atom. The average molecular weight is 881 g/mol. The van der Waals surface area contributed by atoms with Crippen molar-refractivity contribution in [1.82, 2.24) is 0 Å². The number of carbonyl (C=O) groups excluding carboxylic acids is 3. The number of carbonyl (C=O) groups is 3. The van der Waals surface area contributed by atoms with Gasteiger partial charge in [-0.25, -0.2) is 0 Å². The molecule has 0 aromatic carbocycles. The monoisotopic (exact) mass is 881 g/mol. The van der Waals surface area contributed by atoms with Gasteiger partial charge in [-0.2, -0.15) is 0 Å². The highest BCUT2D eigenvalue weighted by Gasteiger charge is 2.19. The highest BCUT2D eigenvalue weighted by Crippen LogP contribution is 2.16. The molecule has 0 aliphatic rings. The molecule has 0 spiro atoms. The largest absolute Gasteiger partial charge is 0.462 e. The van der Waals surface area contributed by atoms with Crippen LogP contribution in [0.25, 0.3) is 0 Å². The molecule has 0 saturated carbocycles. The van der Waals surface area contributed by atoms with E-state index in [1.54, 1.807) is 0 Å². The second-order valence-corrected chi connectivity index (χ2v) is 17.8. The van der Waals surface area contributed by atoms with Crippen molar-refractivity contribution in [2.75, 3.05) is 13.2 Å². The molecule has 0 heterocycles. The number of unbranched alkanes of at least 4 members (excludes halogenated alkanes) is 27. The van der Waals surface area contributed by atoms with E-state index in [-0.39, 0.29) is 37.5 Å². The molecule has 0 fully saturated rings. The molecule has 6 nitrogen and oxygen atoms in total. The maximum absolute atomic E-state index is 12.8. The zero-order valence-electron chi connectivity index (χ0n) is 41.6. The molecule has 1 atom stereocenters. The first-order chi connectivity index (χ1) is 31.0.